The Balaban J connectivity index is 2.17. The fraction of sp³-hybridized carbons (Fsp3) is 0.0833. The quantitative estimate of drug-likeness (QED) is 0.684. The average molecular weight is 225 g/mol. The van der Waals surface area contributed by atoms with Gasteiger partial charge in [0.2, 0.25) is 0 Å². The molecule has 0 spiro atoms. The topological polar surface area (TPSA) is 69.6 Å². The molecule has 0 radical (unpaired) electrons. The minimum atomic E-state index is 0.546. The molecule has 0 bridgehead atoms. The van der Waals surface area contributed by atoms with E-state index in [9.17, 15) is 0 Å². The summed E-state index contributed by atoms with van der Waals surface area (Å²) in [5.41, 5.74) is 9.33. The summed E-state index contributed by atoms with van der Waals surface area (Å²) in [4.78, 5) is 8.48. The van der Waals surface area contributed by atoms with Crippen LogP contribution in [0.25, 0.3) is 16.7 Å². The number of benzene rings is 1. The van der Waals surface area contributed by atoms with Gasteiger partial charge in [-0.3, -0.25) is 9.97 Å². The molecule has 0 aliphatic carbocycles. The fourth-order valence-corrected chi connectivity index (χ4v) is 1.70. The summed E-state index contributed by atoms with van der Waals surface area (Å²) in [5.74, 6) is 0.546. The second-order valence-corrected chi connectivity index (χ2v) is 3.87. The van der Waals surface area contributed by atoms with Gasteiger partial charge in [0, 0.05) is 24.2 Å². The van der Waals surface area contributed by atoms with E-state index in [4.69, 9.17) is 5.73 Å². The van der Waals surface area contributed by atoms with E-state index in [0.717, 1.165) is 22.3 Å². The Bertz CT molecular complexity index is 667. The van der Waals surface area contributed by atoms with Gasteiger partial charge in [0.1, 0.15) is 5.82 Å². The van der Waals surface area contributed by atoms with Gasteiger partial charge in [-0.2, -0.15) is 5.10 Å². The van der Waals surface area contributed by atoms with Gasteiger partial charge in [-0.15, -0.1) is 0 Å². The van der Waals surface area contributed by atoms with E-state index in [2.05, 4.69) is 15.1 Å². The lowest BCUT2D eigenvalue weighted by atomic mass is 10.2. The lowest BCUT2D eigenvalue weighted by Gasteiger charge is -2.02. The van der Waals surface area contributed by atoms with Crippen LogP contribution in [0.15, 0.2) is 36.8 Å². The molecule has 1 aromatic carbocycles. The first-order valence-electron chi connectivity index (χ1n) is 5.27. The maximum Gasteiger partial charge on any atom is 0.148 e. The lowest BCUT2D eigenvalue weighted by Crippen LogP contribution is -1.96. The summed E-state index contributed by atoms with van der Waals surface area (Å²) in [5, 5.41) is 4.23. The minimum Gasteiger partial charge on any atom is -0.382 e. The van der Waals surface area contributed by atoms with Crippen LogP contribution in [0.1, 0.15) is 5.56 Å². The summed E-state index contributed by atoms with van der Waals surface area (Å²) in [7, 11) is 0. The van der Waals surface area contributed by atoms with Crippen LogP contribution in [-0.4, -0.2) is 19.7 Å². The van der Waals surface area contributed by atoms with Crippen molar-refractivity contribution in [3.05, 3.63) is 42.4 Å². The van der Waals surface area contributed by atoms with E-state index in [1.165, 1.54) is 0 Å². The summed E-state index contributed by atoms with van der Waals surface area (Å²) < 4.78 is 1.75. The maximum atomic E-state index is 5.73. The van der Waals surface area contributed by atoms with Gasteiger partial charge in [-0.1, -0.05) is 0 Å². The first-order chi connectivity index (χ1) is 8.24. The van der Waals surface area contributed by atoms with Gasteiger partial charge in [-0.25, -0.2) is 4.68 Å². The van der Waals surface area contributed by atoms with E-state index >= 15 is 0 Å². The standard InChI is InChI=1S/C12H11N5/c1-8-7-17(16-12(8)13)9-2-3-10-11(6-9)15-5-4-14-10/h2-7H,1H3,(H2,13,16). The van der Waals surface area contributed by atoms with Gasteiger partial charge in [0.15, 0.2) is 0 Å². The molecule has 0 saturated carbocycles. The van der Waals surface area contributed by atoms with Gasteiger partial charge >= 0.3 is 0 Å². The number of fused-ring (bicyclic) bond motifs is 1. The van der Waals surface area contributed by atoms with Crippen molar-refractivity contribution in [1.82, 2.24) is 19.7 Å². The molecule has 0 fully saturated rings. The summed E-state index contributed by atoms with van der Waals surface area (Å²) in [6, 6.07) is 5.81. The van der Waals surface area contributed by atoms with Crippen LogP contribution in [0.4, 0.5) is 5.82 Å². The molecule has 0 saturated heterocycles. The highest BCUT2D eigenvalue weighted by Gasteiger charge is 2.04. The van der Waals surface area contributed by atoms with Crippen LogP contribution in [0.2, 0.25) is 0 Å². The zero-order chi connectivity index (χ0) is 11.8. The zero-order valence-electron chi connectivity index (χ0n) is 9.33. The second-order valence-electron chi connectivity index (χ2n) is 3.87. The van der Waals surface area contributed by atoms with E-state index < -0.39 is 0 Å². The Labute approximate surface area is 97.9 Å². The highest BCUT2D eigenvalue weighted by atomic mass is 15.3. The average Bonchev–Trinajstić information content (AvgIpc) is 2.69. The molecule has 0 aliphatic rings. The number of hydrogen-bond acceptors (Lipinski definition) is 4. The van der Waals surface area contributed by atoms with Crippen LogP contribution in [0.3, 0.4) is 0 Å². The summed E-state index contributed by atoms with van der Waals surface area (Å²) in [6.07, 6.45) is 5.25. The third-order valence-electron chi connectivity index (χ3n) is 2.65. The van der Waals surface area contributed by atoms with Crippen molar-refractivity contribution in [3.63, 3.8) is 0 Å². The Kier molecular flexibility index (Phi) is 2.04. The monoisotopic (exact) mass is 225 g/mol. The predicted octanol–water partition coefficient (Wildman–Crippen LogP) is 1.71. The molecule has 0 unspecified atom stereocenters. The van der Waals surface area contributed by atoms with Crippen molar-refractivity contribution in [3.8, 4) is 5.69 Å². The number of aromatic nitrogens is 4. The Morgan fingerprint density at radius 3 is 2.59 bits per heavy atom. The number of nitrogen functional groups attached to an aromatic ring is 1. The number of anilines is 1. The number of nitrogens with zero attached hydrogens (tertiary/aromatic N) is 4. The van der Waals surface area contributed by atoms with Gasteiger partial charge < -0.3 is 5.73 Å². The van der Waals surface area contributed by atoms with Gasteiger partial charge in [0.25, 0.3) is 0 Å². The molecule has 2 N–H and O–H groups in total. The van der Waals surface area contributed by atoms with Crippen molar-refractivity contribution < 1.29 is 0 Å². The van der Waals surface area contributed by atoms with E-state index in [1.807, 2.05) is 31.3 Å². The first kappa shape index (κ1) is 9.77. The van der Waals surface area contributed by atoms with Crippen LogP contribution in [0, 0.1) is 6.92 Å². The number of hydrogen-bond donors (Lipinski definition) is 1. The number of nitrogens with two attached hydrogens (primary N) is 1. The normalized spacial score (nSPS) is 10.9. The third kappa shape index (κ3) is 1.61. The molecule has 84 valence electrons. The van der Waals surface area contributed by atoms with E-state index in [0.29, 0.717) is 5.82 Å². The van der Waals surface area contributed by atoms with Crippen molar-refractivity contribution in [1.29, 1.82) is 0 Å². The largest absolute Gasteiger partial charge is 0.382 e. The molecule has 3 aromatic rings. The van der Waals surface area contributed by atoms with Crippen molar-refractivity contribution in [2.75, 3.05) is 5.73 Å². The van der Waals surface area contributed by atoms with E-state index in [1.54, 1.807) is 17.1 Å². The van der Waals surface area contributed by atoms with E-state index in [-0.39, 0.29) is 0 Å². The Morgan fingerprint density at radius 1 is 1.12 bits per heavy atom. The van der Waals surface area contributed by atoms with Gasteiger partial charge in [0.05, 0.1) is 16.7 Å². The van der Waals surface area contributed by atoms with Crippen molar-refractivity contribution in [2.24, 2.45) is 0 Å². The minimum absolute atomic E-state index is 0.546. The van der Waals surface area contributed by atoms with Crippen molar-refractivity contribution >= 4 is 16.9 Å². The Morgan fingerprint density at radius 2 is 1.88 bits per heavy atom. The molecule has 17 heavy (non-hydrogen) atoms. The molecular weight excluding hydrogens is 214 g/mol. The molecular formula is C12H11N5. The van der Waals surface area contributed by atoms with Gasteiger partial charge in [-0.05, 0) is 25.1 Å². The first-order valence-corrected chi connectivity index (χ1v) is 5.27. The van der Waals surface area contributed by atoms with Crippen LogP contribution in [0.5, 0.6) is 0 Å². The molecule has 2 aromatic heterocycles. The molecule has 5 nitrogen and oxygen atoms in total. The highest BCUT2D eigenvalue weighted by Crippen LogP contribution is 2.16. The lowest BCUT2D eigenvalue weighted by molar-refractivity contribution is 0.886. The smallest absolute Gasteiger partial charge is 0.148 e. The summed E-state index contributed by atoms with van der Waals surface area (Å²) in [6.45, 7) is 1.93. The molecule has 2 heterocycles. The second kappa shape index (κ2) is 3.55. The fourth-order valence-electron chi connectivity index (χ4n) is 1.70. The third-order valence-corrected chi connectivity index (χ3v) is 2.65. The summed E-state index contributed by atoms with van der Waals surface area (Å²) >= 11 is 0. The Hall–Kier alpha value is -2.43. The molecule has 0 aliphatic heterocycles. The maximum absolute atomic E-state index is 5.73. The van der Waals surface area contributed by atoms with Crippen molar-refractivity contribution in [2.45, 2.75) is 6.92 Å². The van der Waals surface area contributed by atoms with Crippen LogP contribution in [-0.2, 0) is 0 Å². The molecule has 3 rings (SSSR count). The predicted molar refractivity (Wildman–Crippen MR) is 65.8 cm³/mol. The number of rotatable bonds is 1. The molecule has 0 amide bonds. The highest BCUT2D eigenvalue weighted by molar-refractivity contribution is 5.76. The van der Waals surface area contributed by atoms with Crippen LogP contribution < -0.4 is 5.73 Å². The molecule has 0 atom stereocenters. The zero-order valence-corrected chi connectivity index (χ0v) is 9.33. The SMILES string of the molecule is Cc1cn(-c2ccc3nccnc3c2)nc1N. The number of aryl methyl sites for hydroxylation is 1. The molecule has 5 heteroatoms. The van der Waals surface area contributed by atoms with Crippen LogP contribution >= 0.6 is 0 Å².